The van der Waals surface area contributed by atoms with Crippen molar-refractivity contribution in [3.05, 3.63) is 40.4 Å². The predicted octanol–water partition coefficient (Wildman–Crippen LogP) is 3.08. The highest BCUT2D eigenvalue weighted by Gasteiger charge is 2.13. The van der Waals surface area contributed by atoms with E-state index >= 15 is 0 Å². The molecule has 0 spiro atoms. The van der Waals surface area contributed by atoms with Crippen molar-refractivity contribution in [2.24, 2.45) is 0 Å². The van der Waals surface area contributed by atoms with Gasteiger partial charge < -0.3 is 10.0 Å². The van der Waals surface area contributed by atoms with Crippen LogP contribution >= 0.6 is 15.9 Å². The smallest absolute Gasteiger partial charge is 0.246 e. The van der Waals surface area contributed by atoms with Gasteiger partial charge in [0, 0.05) is 29.7 Å². The van der Waals surface area contributed by atoms with Gasteiger partial charge >= 0.3 is 0 Å². The zero-order chi connectivity index (χ0) is 14.3. The van der Waals surface area contributed by atoms with Crippen molar-refractivity contribution in [3.63, 3.8) is 0 Å². The molecule has 0 aliphatic heterocycles. The molecule has 104 valence electrons. The molecule has 0 atom stereocenters. The summed E-state index contributed by atoms with van der Waals surface area (Å²) in [4.78, 5) is 13.8. The SMILES string of the molecule is CC(C)N(CCCO)C(=O)/C=C/c1ccc(Br)cc1. The lowest BCUT2D eigenvalue weighted by Crippen LogP contribution is -2.36. The number of aliphatic hydroxyl groups excluding tert-OH is 1. The van der Waals surface area contributed by atoms with Crippen molar-refractivity contribution in [1.82, 2.24) is 4.90 Å². The van der Waals surface area contributed by atoms with Crippen LogP contribution in [0.3, 0.4) is 0 Å². The summed E-state index contributed by atoms with van der Waals surface area (Å²) in [6.07, 6.45) is 4.00. The van der Waals surface area contributed by atoms with Crippen LogP contribution in [0.2, 0.25) is 0 Å². The number of rotatable bonds is 6. The first-order valence-corrected chi connectivity index (χ1v) is 7.19. The Bertz CT molecular complexity index is 426. The minimum absolute atomic E-state index is 0.0219. The molecule has 1 aromatic rings. The van der Waals surface area contributed by atoms with Gasteiger partial charge in [-0.3, -0.25) is 4.79 Å². The van der Waals surface area contributed by atoms with Gasteiger partial charge in [-0.25, -0.2) is 0 Å². The predicted molar refractivity (Wildman–Crippen MR) is 81.7 cm³/mol. The fourth-order valence-corrected chi connectivity index (χ4v) is 1.97. The highest BCUT2D eigenvalue weighted by atomic mass is 79.9. The first-order valence-electron chi connectivity index (χ1n) is 6.39. The molecular weight excluding hydrogens is 306 g/mol. The van der Waals surface area contributed by atoms with Crippen molar-refractivity contribution in [3.8, 4) is 0 Å². The minimum atomic E-state index is -0.0219. The van der Waals surface area contributed by atoms with Crippen molar-refractivity contribution < 1.29 is 9.90 Å². The van der Waals surface area contributed by atoms with E-state index < -0.39 is 0 Å². The molecular formula is C15H20BrNO2. The van der Waals surface area contributed by atoms with E-state index in [4.69, 9.17) is 5.11 Å². The molecule has 0 saturated heterocycles. The van der Waals surface area contributed by atoms with Crippen LogP contribution < -0.4 is 0 Å². The van der Waals surface area contributed by atoms with E-state index in [1.54, 1.807) is 11.0 Å². The lowest BCUT2D eigenvalue weighted by molar-refractivity contribution is -0.127. The lowest BCUT2D eigenvalue weighted by Gasteiger charge is -2.25. The summed E-state index contributed by atoms with van der Waals surface area (Å²) in [5.74, 6) is -0.0219. The van der Waals surface area contributed by atoms with Gasteiger partial charge in [-0.2, -0.15) is 0 Å². The molecule has 0 aliphatic rings. The molecule has 4 heteroatoms. The van der Waals surface area contributed by atoms with Crippen LogP contribution in [0.25, 0.3) is 6.08 Å². The maximum atomic E-state index is 12.1. The standard InChI is InChI=1S/C15H20BrNO2/c1-12(2)17(10-3-11-18)15(19)9-6-13-4-7-14(16)8-5-13/h4-9,12,18H,3,10-11H2,1-2H3/b9-6+. The van der Waals surface area contributed by atoms with Gasteiger partial charge in [0.05, 0.1) is 0 Å². The van der Waals surface area contributed by atoms with E-state index in [9.17, 15) is 4.79 Å². The molecule has 0 bridgehead atoms. The first-order chi connectivity index (χ1) is 9.04. The van der Waals surface area contributed by atoms with E-state index in [0.29, 0.717) is 13.0 Å². The number of hydrogen-bond acceptors (Lipinski definition) is 2. The van der Waals surface area contributed by atoms with E-state index in [0.717, 1.165) is 10.0 Å². The summed E-state index contributed by atoms with van der Waals surface area (Å²) in [6, 6.07) is 7.91. The summed E-state index contributed by atoms with van der Waals surface area (Å²) in [7, 11) is 0. The summed E-state index contributed by atoms with van der Waals surface area (Å²) < 4.78 is 1.02. The highest BCUT2D eigenvalue weighted by Crippen LogP contribution is 2.12. The molecule has 1 amide bonds. The van der Waals surface area contributed by atoms with E-state index in [1.807, 2.05) is 44.2 Å². The molecule has 3 nitrogen and oxygen atoms in total. The number of halogens is 1. The molecule has 1 N–H and O–H groups in total. The zero-order valence-corrected chi connectivity index (χ0v) is 12.9. The Labute approximate surface area is 123 Å². The fourth-order valence-electron chi connectivity index (χ4n) is 1.70. The summed E-state index contributed by atoms with van der Waals surface area (Å²) >= 11 is 3.37. The molecule has 1 rings (SSSR count). The molecule has 0 fully saturated rings. The van der Waals surface area contributed by atoms with Gasteiger partial charge in [0.1, 0.15) is 0 Å². The molecule has 0 aliphatic carbocycles. The van der Waals surface area contributed by atoms with E-state index in [2.05, 4.69) is 15.9 Å². The van der Waals surface area contributed by atoms with E-state index in [1.165, 1.54) is 0 Å². The Morgan fingerprint density at radius 3 is 2.53 bits per heavy atom. The second-order valence-electron chi connectivity index (χ2n) is 4.59. The third-order valence-electron chi connectivity index (χ3n) is 2.75. The van der Waals surface area contributed by atoms with Crippen LogP contribution in [0.4, 0.5) is 0 Å². The molecule has 0 heterocycles. The number of amides is 1. The topological polar surface area (TPSA) is 40.5 Å². The zero-order valence-electron chi connectivity index (χ0n) is 11.3. The van der Waals surface area contributed by atoms with Gasteiger partial charge in [0.25, 0.3) is 0 Å². The number of carbonyl (C=O) groups is 1. The number of aliphatic hydroxyl groups is 1. The largest absolute Gasteiger partial charge is 0.396 e. The van der Waals surface area contributed by atoms with Crippen molar-refractivity contribution in [2.45, 2.75) is 26.3 Å². The lowest BCUT2D eigenvalue weighted by atomic mass is 10.2. The summed E-state index contributed by atoms with van der Waals surface area (Å²) in [5, 5.41) is 8.85. The van der Waals surface area contributed by atoms with Crippen molar-refractivity contribution >= 4 is 27.9 Å². The second kappa shape index (κ2) is 8.12. The highest BCUT2D eigenvalue weighted by molar-refractivity contribution is 9.10. The van der Waals surface area contributed by atoms with E-state index in [-0.39, 0.29) is 18.6 Å². The van der Waals surface area contributed by atoms with Crippen molar-refractivity contribution in [1.29, 1.82) is 0 Å². The van der Waals surface area contributed by atoms with Gasteiger partial charge in [0.2, 0.25) is 5.91 Å². The van der Waals surface area contributed by atoms with Gasteiger partial charge in [0.15, 0.2) is 0 Å². The Morgan fingerprint density at radius 2 is 2.00 bits per heavy atom. The van der Waals surface area contributed by atoms with Crippen LogP contribution in [0.5, 0.6) is 0 Å². The van der Waals surface area contributed by atoms with Crippen LogP contribution in [0.15, 0.2) is 34.8 Å². The molecule has 0 radical (unpaired) electrons. The third kappa shape index (κ3) is 5.57. The number of carbonyl (C=O) groups excluding carboxylic acids is 1. The Kier molecular flexibility index (Phi) is 6.81. The van der Waals surface area contributed by atoms with Crippen LogP contribution in [0, 0.1) is 0 Å². The van der Waals surface area contributed by atoms with Gasteiger partial charge in [-0.05, 0) is 44.0 Å². The number of nitrogens with zero attached hydrogens (tertiary/aromatic N) is 1. The monoisotopic (exact) mass is 325 g/mol. The Balaban J connectivity index is 2.67. The normalized spacial score (nSPS) is 11.2. The maximum absolute atomic E-state index is 12.1. The van der Waals surface area contributed by atoms with Gasteiger partial charge in [-0.15, -0.1) is 0 Å². The van der Waals surface area contributed by atoms with Crippen LogP contribution in [0.1, 0.15) is 25.8 Å². The van der Waals surface area contributed by atoms with Crippen LogP contribution in [-0.2, 0) is 4.79 Å². The second-order valence-corrected chi connectivity index (χ2v) is 5.50. The van der Waals surface area contributed by atoms with Gasteiger partial charge in [-0.1, -0.05) is 28.1 Å². The van der Waals surface area contributed by atoms with Crippen LogP contribution in [-0.4, -0.2) is 35.1 Å². The average Bonchev–Trinajstić information content (AvgIpc) is 2.38. The number of benzene rings is 1. The quantitative estimate of drug-likeness (QED) is 0.816. The average molecular weight is 326 g/mol. The molecule has 0 saturated carbocycles. The fraction of sp³-hybridized carbons (Fsp3) is 0.400. The molecule has 0 aromatic heterocycles. The van der Waals surface area contributed by atoms with Crippen molar-refractivity contribution in [2.75, 3.05) is 13.2 Å². The number of hydrogen-bond donors (Lipinski definition) is 1. The Morgan fingerprint density at radius 1 is 1.37 bits per heavy atom. The summed E-state index contributed by atoms with van der Waals surface area (Å²) in [6.45, 7) is 4.64. The molecule has 19 heavy (non-hydrogen) atoms. The minimum Gasteiger partial charge on any atom is -0.396 e. The summed E-state index contributed by atoms with van der Waals surface area (Å²) in [5.41, 5.74) is 0.988. The maximum Gasteiger partial charge on any atom is 0.246 e. The third-order valence-corrected chi connectivity index (χ3v) is 3.28. The molecule has 0 unspecified atom stereocenters. The molecule has 1 aromatic carbocycles. The first kappa shape index (κ1) is 15.9. The Hall–Kier alpha value is -1.13.